The summed E-state index contributed by atoms with van der Waals surface area (Å²) in [6.07, 6.45) is 0. The first-order valence-electron chi connectivity index (χ1n) is 6.24. The lowest BCUT2D eigenvalue weighted by atomic mass is 10.3. The van der Waals surface area contributed by atoms with Gasteiger partial charge in [-0.05, 0) is 32.2 Å². The van der Waals surface area contributed by atoms with Crippen LogP contribution in [-0.2, 0) is 0 Å². The van der Waals surface area contributed by atoms with E-state index >= 15 is 0 Å². The fourth-order valence-electron chi connectivity index (χ4n) is 1.78. The topological polar surface area (TPSA) is 71.8 Å². The van der Waals surface area contributed by atoms with Gasteiger partial charge in [-0.25, -0.2) is 4.68 Å². The lowest BCUT2D eigenvalue weighted by Crippen LogP contribution is -2.31. The van der Waals surface area contributed by atoms with Crippen LogP contribution in [-0.4, -0.2) is 41.0 Å². The standard InChI is InChI=1S/C13H16BrN5O.ClH/c1-9-12(13(20)16-7-6-15-2)17-18-19(9)11-5-3-4-10(14)8-11;/h3-5,8,15H,6-7H2,1-2H3,(H,16,20);1H. The van der Waals surface area contributed by atoms with Crippen molar-refractivity contribution in [2.24, 2.45) is 0 Å². The average Bonchev–Trinajstić information content (AvgIpc) is 2.81. The Morgan fingerprint density at radius 1 is 1.38 bits per heavy atom. The molecule has 0 atom stereocenters. The zero-order valence-corrected chi connectivity index (χ0v) is 14.2. The number of nitrogens with zero attached hydrogens (tertiary/aromatic N) is 3. The first kappa shape index (κ1) is 17.6. The van der Waals surface area contributed by atoms with E-state index in [2.05, 4.69) is 36.9 Å². The summed E-state index contributed by atoms with van der Waals surface area (Å²) in [7, 11) is 1.83. The van der Waals surface area contributed by atoms with E-state index in [0.717, 1.165) is 10.2 Å². The van der Waals surface area contributed by atoms with Crippen molar-refractivity contribution in [3.63, 3.8) is 0 Å². The number of amides is 1. The third-order valence-corrected chi connectivity index (χ3v) is 3.32. The fraction of sp³-hybridized carbons (Fsp3) is 0.308. The molecule has 0 saturated carbocycles. The minimum Gasteiger partial charge on any atom is -0.349 e. The lowest BCUT2D eigenvalue weighted by Gasteiger charge is -2.05. The van der Waals surface area contributed by atoms with E-state index in [1.54, 1.807) is 4.68 Å². The highest BCUT2D eigenvalue weighted by molar-refractivity contribution is 9.10. The predicted octanol–water partition coefficient (Wildman–Crippen LogP) is 1.71. The van der Waals surface area contributed by atoms with Crippen molar-refractivity contribution in [3.8, 4) is 5.69 Å². The van der Waals surface area contributed by atoms with Crippen molar-refractivity contribution in [1.29, 1.82) is 0 Å². The van der Waals surface area contributed by atoms with E-state index in [1.807, 2.05) is 38.2 Å². The maximum atomic E-state index is 12.0. The summed E-state index contributed by atoms with van der Waals surface area (Å²) in [6.45, 7) is 3.09. The molecular weight excluding hydrogens is 358 g/mol. The van der Waals surface area contributed by atoms with Crippen molar-refractivity contribution in [2.75, 3.05) is 20.1 Å². The molecule has 1 heterocycles. The normalized spacial score (nSPS) is 10.0. The molecule has 1 aromatic heterocycles. The van der Waals surface area contributed by atoms with Crippen LogP contribution in [0.5, 0.6) is 0 Å². The highest BCUT2D eigenvalue weighted by Crippen LogP contribution is 2.17. The summed E-state index contributed by atoms with van der Waals surface area (Å²) in [4.78, 5) is 12.0. The van der Waals surface area contributed by atoms with Gasteiger partial charge < -0.3 is 10.6 Å². The minimum atomic E-state index is -0.209. The Kier molecular flexibility index (Phi) is 6.80. The molecule has 1 aromatic carbocycles. The number of carbonyl (C=O) groups is 1. The monoisotopic (exact) mass is 373 g/mol. The molecular formula is C13H17BrClN5O. The highest BCUT2D eigenvalue weighted by Gasteiger charge is 2.16. The van der Waals surface area contributed by atoms with E-state index in [0.29, 0.717) is 24.5 Å². The zero-order valence-electron chi connectivity index (χ0n) is 11.8. The quantitative estimate of drug-likeness (QED) is 0.782. The van der Waals surface area contributed by atoms with Gasteiger partial charge in [-0.15, -0.1) is 17.5 Å². The van der Waals surface area contributed by atoms with Crippen molar-refractivity contribution < 1.29 is 4.79 Å². The Morgan fingerprint density at radius 2 is 2.14 bits per heavy atom. The molecule has 21 heavy (non-hydrogen) atoms. The Bertz CT molecular complexity index is 616. The third kappa shape index (κ3) is 4.26. The number of likely N-dealkylation sites (N-methyl/N-ethyl adjacent to an activating group) is 1. The van der Waals surface area contributed by atoms with Crippen LogP contribution in [0.3, 0.4) is 0 Å². The smallest absolute Gasteiger partial charge is 0.273 e. The maximum absolute atomic E-state index is 12.0. The maximum Gasteiger partial charge on any atom is 0.273 e. The molecule has 2 aromatic rings. The molecule has 2 N–H and O–H groups in total. The second-order valence-corrected chi connectivity index (χ2v) is 5.19. The summed E-state index contributed by atoms with van der Waals surface area (Å²) in [5.41, 5.74) is 1.92. The van der Waals surface area contributed by atoms with Gasteiger partial charge in [0.1, 0.15) is 0 Å². The number of aromatic nitrogens is 3. The molecule has 8 heteroatoms. The fourth-order valence-corrected chi connectivity index (χ4v) is 2.16. The van der Waals surface area contributed by atoms with Gasteiger partial charge >= 0.3 is 0 Å². The number of hydrogen-bond acceptors (Lipinski definition) is 4. The van der Waals surface area contributed by atoms with Gasteiger partial charge in [0.2, 0.25) is 0 Å². The molecule has 0 aliphatic carbocycles. The Hall–Kier alpha value is -1.44. The molecule has 0 bridgehead atoms. The molecule has 0 spiro atoms. The first-order chi connectivity index (χ1) is 9.63. The highest BCUT2D eigenvalue weighted by atomic mass is 79.9. The molecule has 1 amide bonds. The second-order valence-electron chi connectivity index (χ2n) is 4.27. The average molecular weight is 375 g/mol. The van der Waals surface area contributed by atoms with Gasteiger partial charge in [0.15, 0.2) is 5.69 Å². The number of nitrogens with one attached hydrogen (secondary N) is 2. The molecule has 0 unspecified atom stereocenters. The van der Waals surface area contributed by atoms with Gasteiger partial charge in [-0.3, -0.25) is 4.79 Å². The van der Waals surface area contributed by atoms with Gasteiger partial charge in [0.05, 0.1) is 11.4 Å². The SMILES string of the molecule is CNCCNC(=O)c1nnn(-c2cccc(Br)c2)c1C.Cl. The van der Waals surface area contributed by atoms with E-state index in [9.17, 15) is 4.79 Å². The minimum absolute atomic E-state index is 0. The number of rotatable bonds is 5. The molecule has 114 valence electrons. The van der Waals surface area contributed by atoms with Crippen LogP contribution in [0.15, 0.2) is 28.7 Å². The molecule has 2 rings (SSSR count). The van der Waals surface area contributed by atoms with Crippen LogP contribution in [0.4, 0.5) is 0 Å². The van der Waals surface area contributed by atoms with Gasteiger partial charge in [-0.2, -0.15) is 0 Å². The van der Waals surface area contributed by atoms with Crippen LogP contribution >= 0.6 is 28.3 Å². The van der Waals surface area contributed by atoms with Crippen molar-refractivity contribution in [3.05, 3.63) is 40.1 Å². The van der Waals surface area contributed by atoms with E-state index < -0.39 is 0 Å². The zero-order chi connectivity index (χ0) is 14.5. The molecule has 0 aliphatic heterocycles. The predicted molar refractivity (Wildman–Crippen MR) is 87.3 cm³/mol. The summed E-state index contributed by atoms with van der Waals surface area (Å²) < 4.78 is 2.60. The molecule has 0 saturated heterocycles. The van der Waals surface area contributed by atoms with Gasteiger partial charge in [0, 0.05) is 17.6 Å². The van der Waals surface area contributed by atoms with Crippen LogP contribution in [0, 0.1) is 6.92 Å². The Morgan fingerprint density at radius 3 is 2.81 bits per heavy atom. The van der Waals surface area contributed by atoms with Gasteiger partial charge in [-0.1, -0.05) is 27.2 Å². The Balaban J connectivity index is 0.00000220. The van der Waals surface area contributed by atoms with E-state index in [4.69, 9.17) is 0 Å². The molecule has 0 radical (unpaired) electrons. The van der Waals surface area contributed by atoms with Crippen molar-refractivity contribution in [1.82, 2.24) is 25.6 Å². The lowest BCUT2D eigenvalue weighted by molar-refractivity contribution is 0.0948. The third-order valence-electron chi connectivity index (χ3n) is 2.82. The second kappa shape index (κ2) is 8.11. The molecule has 0 aliphatic rings. The molecule has 6 nitrogen and oxygen atoms in total. The number of carbonyl (C=O) groups excluding carboxylic acids is 1. The van der Waals surface area contributed by atoms with Gasteiger partial charge in [0.25, 0.3) is 5.91 Å². The summed E-state index contributed by atoms with van der Waals surface area (Å²) in [5, 5.41) is 13.8. The van der Waals surface area contributed by atoms with Crippen LogP contribution in [0.2, 0.25) is 0 Å². The summed E-state index contributed by atoms with van der Waals surface area (Å²) in [6, 6.07) is 7.67. The first-order valence-corrected chi connectivity index (χ1v) is 7.04. The van der Waals surface area contributed by atoms with Crippen molar-refractivity contribution in [2.45, 2.75) is 6.92 Å². The summed E-state index contributed by atoms with van der Waals surface area (Å²) in [5.74, 6) is -0.209. The number of benzene rings is 1. The number of hydrogen-bond donors (Lipinski definition) is 2. The number of halogens is 2. The van der Waals surface area contributed by atoms with Crippen LogP contribution < -0.4 is 10.6 Å². The van der Waals surface area contributed by atoms with E-state index in [-0.39, 0.29) is 18.3 Å². The van der Waals surface area contributed by atoms with Crippen molar-refractivity contribution >= 4 is 34.2 Å². The van der Waals surface area contributed by atoms with E-state index in [1.165, 1.54) is 0 Å². The van der Waals surface area contributed by atoms with Crippen LogP contribution in [0.25, 0.3) is 5.69 Å². The van der Waals surface area contributed by atoms with Crippen LogP contribution in [0.1, 0.15) is 16.2 Å². The largest absolute Gasteiger partial charge is 0.349 e. The Labute approximate surface area is 137 Å². The molecule has 0 fully saturated rings. The summed E-state index contributed by atoms with van der Waals surface area (Å²) >= 11 is 3.41.